The van der Waals surface area contributed by atoms with Crippen LogP contribution in [0.2, 0.25) is 0 Å². The molecule has 114 valence electrons. The van der Waals surface area contributed by atoms with Crippen LogP contribution in [0.15, 0.2) is 24.3 Å². The van der Waals surface area contributed by atoms with E-state index in [9.17, 15) is 5.11 Å². The van der Waals surface area contributed by atoms with Gasteiger partial charge in [0.25, 0.3) is 0 Å². The highest BCUT2D eigenvalue weighted by molar-refractivity contribution is 5.48. The Balaban J connectivity index is 2.54. The van der Waals surface area contributed by atoms with Crippen LogP contribution in [0, 0.1) is 6.92 Å². The van der Waals surface area contributed by atoms with Crippen LogP contribution in [-0.2, 0) is 0 Å². The van der Waals surface area contributed by atoms with Crippen molar-refractivity contribution in [3.63, 3.8) is 0 Å². The Labute approximate surface area is 124 Å². The number of hydrogen-bond donors (Lipinski definition) is 2. The summed E-state index contributed by atoms with van der Waals surface area (Å²) in [5.41, 5.74) is 2.44. The molecule has 1 atom stereocenters. The van der Waals surface area contributed by atoms with Crippen LogP contribution in [0.4, 0.5) is 5.69 Å². The summed E-state index contributed by atoms with van der Waals surface area (Å²) in [4.78, 5) is 2.40. The number of hydrogen-bond acceptors (Lipinski definition) is 3. The highest BCUT2D eigenvalue weighted by atomic mass is 16.3. The van der Waals surface area contributed by atoms with Crippen molar-refractivity contribution >= 4 is 5.69 Å². The molecule has 0 amide bonds. The summed E-state index contributed by atoms with van der Waals surface area (Å²) in [5.74, 6) is 0. The summed E-state index contributed by atoms with van der Waals surface area (Å²) in [6, 6.07) is 8.65. The van der Waals surface area contributed by atoms with Crippen molar-refractivity contribution in [3.05, 3.63) is 29.8 Å². The number of anilines is 1. The molecule has 3 heteroatoms. The number of nitrogens with one attached hydrogen (secondary N) is 1. The number of benzene rings is 1. The maximum atomic E-state index is 9.52. The molecule has 0 aliphatic heterocycles. The third-order valence-corrected chi connectivity index (χ3v) is 3.86. The molecule has 3 nitrogen and oxygen atoms in total. The standard InChI is InChI=1S/C17H30N2O/c1-5-18-17(4,14-20)11-8-12-19(6-2)16-10-7-9-15(3)13-16/h7,9-10,13,18,20H,5-6,8,11-12,14H2,1-4H3. The predicted molar refractivity (Wildman–Crippen MR) is 87.5 cm³/mol. The van der Waals surface area contributed by atoms with E-state index in [-0.39, 0.29) is 12.1 Å². The van der Waals surface area contributed by atoms with Crippen molar-refractivity contribution in [1.82, 2.24) is 5.32 Å². The maximum absolute atomic E-state index is 9.52. The first-order valence-corrected chi connectivity index (χ1v) is 7.72. The van der Waals surface area contributed by atoms with Crippen molar-refractivity contribution in [1.29, 1.82) is 0 Å². The van der Waals surface area contributed by atoms with Crippen molar-refractivity contribution in [2.45, 2.75) is 46.1 Å². The molecule has 0 saturated heterocycles. The zero-order chi connectivity index (χ0) is 15.0. The molecule has 0 fully saturated rings. The molecule has 0 aromatic heterocycles. The van der Waals surface area contributed by atoms with Crippen LogP contribution in [0.3, 0.4) is 0 Å². The Morgan fingerprint density at radius 2 is 2.05 bits per heavy atom. The van der Waals surface area contributed by atoms with E-state index < -0.39 is 0 Å². The second kappa shape index (κ2) is 8.28. The van der Waals surface area contributed by atoms with E-state index in [0.717, 1.165) is 32.5 Å². The lowest BCUT2D eigenvalue weighted by molar-refractivity contribution is 0.166. The first-order chi connectivity index (χ1) is 9.54. The van der Waals surface area contributed by atoms with Gasteiger partial charge in [0.2, 0.25) is 0 Å². The molecule has 20 heavy (non-hydrogen) atoms. The molecular formula is C17H30N2O. The minimum atomic E-state index is -0.152. The largest absolute Gasteiger partial charge is 0.394 e. The lowest BCUT2D eigenvalue weighted by Crippen LogP contribution is -2.46. The third-order valence-electron chi connectivity index (χ3n) is 3.86. The Morgan fingerprint density at radius 1 is 1.30 bits per heavy atom. The van der Waals surface area contributed by atoms with Gasteiger partial charge in [0.15, 0.2) is 0 Å². The quantitative estimate of drug-likeness (QED) is 0.729. The summed E-state index contributed by atoms with van der Waals surface area (Å²) in [6.45, 7) is 11.6. The predicted octanol–water partition coefficient (Wildman–Crippen LogP) is 2.96. The molecule has 1 aromatic carbocycles. The first kappa shape index (κ1) is 17.0. The van der Waals surface area contributed by atoms with Crippen molar-refractivity contribution in [3.8, 4) is 0 Å². The van der Waals surface area contributed by atoms with E-state index in [1.807, 2.05) is 0 Å². The minimum absolute atomic E-state index is 0.152. The number of aliphatic hydroxyl groups is 1. The smallest absolute Gasteiger partial charge is 0.0610 e. The van der Waals surface area contributed by atoms with E-state index in [1.54, 1.807) is 0 Å². The van der Waals surface area contributed by atoms with E-state index in [0.29, 0.717) is 0 Å². The van der Waals surface area contributed by atoms with Crippen LogP contribution in [0.25, 0.3) is 0 Å². The van der Waals surface area contributed by atoms with Crippen LogP contribution in [0.1, 0.15) is 39.2 Å². The van der Waals surface area contributed by atoms with Gasteiger partial charge in [0.1, 0.15) is 0 Å². The number of nitrogens with zero attached hydrogens (tertiary/aromatic N) is 1. The summed E-state index contributed by atoms with van der Waals surface area (Å²) >= 11 is 0. The Bertz CT molecular complexity index is 394. The van der Waals surface area contributed by atoms with E-state index >= 15 is 0 Å². The molecule has 0 spiro atoms. The molecule has 0 radical (unpaired) electrons. The van der Waals surface area contributed by atoms with Crippen molar-refractivity contribution in [2.24, 2.45) is 0 Å². The topological polar surface area (TPSA) is 35.5 Å². The number of rotatable bonds is 9. The van der Waals surface area contributed by atoms with E-state index in [2.05, 4.69) is 62.2 Å². The summed E-state index contributed by atoms with van der Waals surface area (Å²) in [6.07, 6.45) is 2.06. The van der Waals surface area contributed by atoms with Crippen molar-refractivity contribution < 1.29 is 5.11 Å². The van der Waals surface area contributed by atoms with E-state index in [1.165, 1.54) is 11.3 Å². The summed E-state index contributed by atoms with van der Waals surface area (Å²) in [7, 11) is 0. The SMILES string of the molecule is CCNC(C)(CO)CCCN(CC)c1cccc(C)c1. The van der Waals surface area contributed by atoms with Crippen LogP contribution >= 0.6 is 0 Å². The van der Waals surface area contributed by atoms with Crippen LogP contribution in [0.5, 0.6) is 0 Å². The monoisotopic (exact) mass is 278 g/mol. The fraction of sp³-hybridized carbons (Fsp3) is 0.647. The summed E-state index contributed by atoms with van der Waals surface area (Å²) in [5, 5.41) is 12.9. The molecule has 1 aromatic rings. The van der Waals surface area contributed by atoms with Gasteiger partial charge in [-0.3, -0.25) is 0 Å². The van der Waals surface area contributed by atoms with Gasteiger partial charge in [0, 0.05) is 24.3 Å². The highest BCUT2D eigenvalue weighted by Crippen LogP contribution is 2.18. The Kier molecular flexibility index (Phi) is 7.03. The zero-order valence-electron chi connectivity index (χ0n) is 13.4. The average Bonchev–Trinajstić information content (AvgIpc) is 2.44. The average molecular weight is 278 g/mol. The second-order valence-electron chi connectivity index (χ2n) is 5.77. The zero-order valence-corrected chi connectivity index (χ0v) is 13.4. The second-order valence-corrected chi connectivity index (χ2v) is 5.77. The molecule has 0 saturated carbocycles. The van der Waals surface area contributed by atoms with Gasteiger partial charge in [-0.25, -0.2) is 0 Å². The van der Waals surface area contributed by atoms with Gasteiger partial charge in [-0.15, -0.1) is 0 Å². The van der Waals surface area contributed by atoms with Gasteiger partial charge in [-0.1, -0.05) is 19.1 Å². The third kappa shape index (κ3) is 5.14. The number of likely N-dealkylation sites (N-methyl/N-ethyl adjacent to an activating group) is 1. The van der Waals surface area contributed by atoms with Gasteiger partial charge >= 0.3 is 0 Å². The lowest BCUT2D eigenvalue weighted by Gasteiger charge is -2.30. The first-order valence-electron chi connectivity index (χ1n) is 7.72. The van der Waals surface area contributed by atoms with Crippen LogP contribution in [-0.4, -0.2) is 36.9 Å². The fourth-order valence-corrected chi connectivity index (χ4v) is 2.60. The number of aryl methyl sites for hydroxylation is 1. The van der Waals surface area contributed by atoms with Crippen LogP contribution < -0.4 is 10.2 Å². The molecule has 2 N–H and O–H groups in total. The van der Waals surface area contributed by atoms with Crippen molar-refractivity contribution in [2.75, 3.05) is 31.1 Å². The molecular weight excluding hydrogens is 248 g/mol. The van der Waals surface area contributed by atoms with Gasteiger partial charge < -0.3 is 15.3 Å². The lowest BCUT2D eigenvalue weighted by atomic mass is 9.96. The normalized spacial score (nSPS) is 14.1. The minimum Gasteiger partial charge on any atom is -0.394 e. The molecule has 0 aliphatic rings. The highest BCUT2D eigenvalue weighted by Gasteiger charge is 2.21. The van der Waals surface area contributed by atoms with Gasteiger partial charge in [-0.05, 0) is 57.9 Å². The molecule has 0 heterocycles. The van der Waals surface area contributed by atoms with E-state index in [4.69, 9.17) is 0 Å². The number of aliphatic hydroxyl groups excluding tert-OH is 1. The Morgan fingerprint density at radius 3 is 2.60 bits per heavy atom. The van der Waals surface area contributed by atoms with Gasteiger partial charge in [-0.2, -0.15) is 0 Å². The van der Waals surface area contributed by atoms with Gasteiger partial charge in [0.05, 0.1) is 6.61 Å². The molecule has 1 unspecified atom stereocenters. The molecule has 1 rings (SSSR count). The molecule has 0 aliphatic carbocycles. The Hall–Kier alpha value is -1.06. The summed E-state index contributed by atoms with van der Waals surface area (Å²) < 4.78 is 0. The fourth-order valence-electron chi connectivity index (χ4n) is 2.60. The molecule has 0 bridgehead atoms. The maximum Gasteiger partial charge on any atom is 0.0610 e.